The van der Waals surface area contributed by atoms with Crippen LogP contribution in [0, 0.1) is 13.8 Å². The zero-order valence-corrected chi connectivity index (χ0v) is 21.7. The largest absolute Gasteiger partial charge is 0.422 e. The fourth-order valence-electron chi connectivity index (χ4n) is 5.00. The van der Waals surface area contributed by atoms with E-state index in [4.69, 9.17) is 9.40 Å². The third-order valence-corrected chi connectivity index (χ3v) is 8.43. The minimum atomic E-state index is -0.616. The third-order valence-electron chi connectivity index (χ3n) is 7.17. The first-order valence-electron chi connectivity index (χ1n) is 12.6. The summed E-state index contributed by atoms with van der Waals surface area (Å²) in [7, 11) is 0. The lowest BCUT2D eigenvalue weighted by molar-refractivity contribution is 0.0944. The molecule has 3 aromatic carbocycles. The van der Waals surface area contributed by atoms with E-state index < -0.39 is 11.5 Å². The maximum absolute atomic E-state index is 12.9. The van der Waals surface area contributed by atoms with Crippen LogP contribution >= 0.6 is 11.3 Å². The molecule has 1 N–H and O–H groups in total. The van der Waals surface area contributed by atoms with Crippen molar-refractivity contribution in [2.75, 3.05) is 44.2 Å². The van der Waals surface area contributed by atoms with Crippen LogP contribution in [0.1, 0.15) is 21.5 Å². The molecule has 7 nitrogen and oxygen atoms in total. The molecule has 1 fully saturated rings. The van der Waals surface area contributed by atoms with Gasteiger partial charge < -0.3 is 14.6 Å². The number of carbonyl (C=O) groups is 1. The van der Waals surface area contributed by atoms with Gasteiger partial charge in [-0.3, -0.25) is 9.69 Å². The van der Waals surface area contributed by atoms with E-state index in [1.165, 1.54) is 15.8 Å². The third kappa shape index (κ3) is 4.47. The molecule has 8 heteroatoms. The van der Waals surface area contributed by atoms with Crippen molar-refractivity contribution < 1.29 is 9.21 Å². The van der Waals surface area contributed by atoms with Crippen LogP contribution in [0.2, 0.25) is 0 Å². The van der Waals surface area contributed by atoms with E-state index in [1.807, 2.05) is 30.3 Å². The van der Waals surface area contributed by atoms with Gasteiger partial charge in [0, 0.05) is 44.7 Å². The first-order chi connectivity index (χ1) is 18.0. The first-order valence-corrected chi connectivity index (χ1v) is 13.4. The zero-order valence-electron chi connectivity index (χ0n) is 20.9. The zero-order chi connectivity index (χ0) is 25.5. The molecule has 0 aliphatic carbocycles. The fraction of sp³-hybridized carbons (Fsp3) is 0.276. The lowest BCUT2D eigenvalue weighted by Crippen LogP contribution is -2.48. The van der Waals surface area contributed by atoms with E-state index in [0.29, 0.717) is 12.1 Å². The Morgan fingerprint density at radius 3 is 2.59 bits per heavy atom. The number of amides is 1. The number of carbonyl (C=O) groups excluding carboxylic acids is 1. The van der Waals surface area contributed by atoms with Gasteiger partial charge in [-0.2, -0.15) is 0 Å². The number of nitrogens with one attached hydrogen (secondary N) is 1. The van der Waals surface area contributed by atoms with Crippen LogP contribution in [-0.2, 0) is 0 Å². The number of anilines is 1. The van der Waals surface area contributed by atoms with Crippen molar-refractivity contribution in [1.82, 2.24) is 15.2 Å². The Labute approximate surface area is 218 Å². The fourth-order valence-corrected chi connectivity index (χ4v) is 6.16. The average Bonchev–Trinajstić information content (AvgIpc) is 3.38. The van der Waals surface area contributed by atoms with E-state index >= 15 is 0 Å². The minimum absolute atomic E-state index is 0.0371. The summed E-state index contributed by atoms with van der Waals surface area (Å²) in [4.78, 5) is 35.0. The SMILES string of the molecule is Cc1ccc(C)c2sc(N3CCN(CCNC(=O)c4cc5c(ccc6ccccc65)oc4=O)CC3)nc12. The Hall–Kier alpha value is -3.75. The summed E-state index contributed by atoms with van der Waals surface area (Å²) in [5, 5.41) is 6.74. The summed E-state index contributed by atoms with van der Waals surface area (Å²) in [5.74, 6) is -0.401. The van der Waals surface area contributed by atoms with Gasteiger partial charge in [-0.1, -0.05) is 53.8 Å². The van der Waals surface area contributed by atoms with Crippen LogP contribution in [0.4, 0.5) is 5.13 Å². The molecule has 1 amide bonds. The topological polar surface area (TPSA) is 78.7 Å². The number of aromatic nitrogens is 1. The number of aryl methyl sites for hydroxylation is 2. The normalized spacial score (nSPS) is 14.6. The lowest BCUT2D eigenvalue weighted by atomic mass is 10.0. The van der Waals surface area contributed by atoms with Gasteiger partial charge in [0.2, 0.25) is 0 Å². The predicted molar refractivity (Wildman–Crippen MR) is 150 cm³/mol. The molecule has 0 bridgehead atoms. The Morgan fingerprint density at radius 2 is 1.78 bits per heavy atom. The molecule has 188 valence electrons. The van der Waals surface area contributed by atoms with Crippen molar-refractivity contribution in [2.45, 2.75) is 13.8 Å². The van der Waals surface area contributed by atoms with Crippen LogP contribution in [0.5, 0.6) is 0 Å². The lowest BCUT2D eigenvalue weighted by Gasteiger charge is -2.34. The van der Waals surface area contributed by atoms with Crippen molar-refractivity contribution in [3.63, 3.8) is 0 Å². The highest BCUT2D eigenvalue weighted by atomic mass is 32.1. The number of thiazole rings is 1. The number of rotatable bonds is 5. The van der Waals surface area contributed by atoms with Gasteiger partial charge in [-0.25, -0.2) is 9.78 Å². The standard InChI is InChI=1S/C29H28N4O3S/c1-18-7-8-19(2)26-25(18)31-29(37-26)33-15-13-32(14-16-33)12-11-30-27(34)23-17-22-21-6-4-3-5-20(21)9-10-24(22)36-28(23)35/h3-10,17H,11-16H2,1-2H3,(H,30,34). The van der Waals surface area contributed by atoms with Crippen LogP contribution in [0.15, 0.2) is 63.8 Å². The quantitative estimate of drug-likeness (QED) is 0.271. The number of hydrogen-bond donors (Lipinski definition) is 1. The number of hydrogen-bond acceptors (Lipinski definition) is 7. The van der Waals surface area contributed by atoms with Crippen LogP contribution in [0.25, 0.3) is 32.0 Å². The highest BCUT2D eigenvalue weighted by Gasteiger charge is 2.21. The molecule has 0 unspecified atom stereocenters. The molecule has 0 spiro atoms. The molecular weight excluding hydrogens is 484 g/mol. The molecule has 37 heavy (non-hydrogen) atoms. The summed E-state index contributed by atoms with van der Waals surface area (Å²) in [5.41, 5.74) is 3.50. The van der Waals surface area contributed by atoms with Crippen molar-refractivity contribution in [2.24, 2.45) is 0 Å². The number of fused-ring (bicyclic) bond motifs is 4. The molecular formula is C29H28N4O3S. The van der Waals surface area contributed by atoms with Gasteiger partial charge in [0.25, 0.3) is 5.91 Å². The molecule has 3 heterocycles. The van der Waals surface area contributed by atoms with Crippen LogP contribution < -0.4 is 15.8 Å². The second-order valence-corrected chi connectivity index (χ2v) is 10.6. The molecule has 1 aliphatic rings. The van der Waals surface area contributed by atoms with Gasteiger partial charge in [0.1, 0.15) is 11.1 Å². The van der Waals surface area contributed by atoms with E-state index in [0.717, 1.165) is 59.5 Å². The van der Waals surface area contributed by atoms with Crippen LogP contribution in [-0.4, -0.2) is 55.1 Å². The summed E-state index contributed by atoms with van der Waals surface area (Å²) in [6, 6.07) is 17.5. The number of nitrogens with zero attached hydrogens (tertiary/aromatic N) is 3. The molecule has 5 aromatic rings. The molecule has 2 aromatic heterocycles. The van der Waals surface area contributed by atoms with E-state index in [9.17, 15) is 9.59 Å². The maximum Gasteiger partial charge on any atom is 0.349 e. The predicted octanol–water partition coefficient (Wildman–Crippen LogP) is 4.72. The maximum atomic E-state index is 12.9. The summed E-state index contributed by atoms with van der Waals surface area (Å²) in [6.07, 6.45) is 0. The van der Waals surface area contributed by atoms with Gasteiger partial charge in [-0.15, -0.1) is 0 Å². The molecule has 6 rings (SSSR count). The Morgan fingerprint density at radius 1 is 1.00 bits per heavy atom. The Bertz CT molecular complexity index is 1660. The van der Waals surface area contributed by atoms with E-state index in [1.54, 1.807) is 23.5 Å². The van der Waals surface area contributed by atoms with Gasteiger partial charge in [-0.05, 0) is 47.9 Å². The minimum Gasteiger partial charge on any atom is -0.422 e. The monoisotopic (exact) mass is 512 g/mol. The second kappa shape index (κ2) is 9.61. The van der Waals surface area contributed by atoms with E-state index in [-0.39, 0.29) is 5.56 Å². The van der Waals surface area contributed by atoms with Gasteiger partial charge in [0.15, 0.2) is 5.13 Å². The Kier molecular flexibility index (Phi) is 6.14. The highest BCUT2D eigenvalue weighted by molar-refractivity contribution is 7.22. The number of benzene rings is 3. The van der Waals surface area contributed by atoms with Crippen molar-refractivity contribution in [3.8, 4) is 0 Å². The van der Waals surface area contributed by atoms with Crippen molar-refractivity contribution >= 4 is 54.3 Å². The number of piperazine rings is 1. The average molecular weight is 513 g/mol. The van der Waals surface area contributed by atoms with Gasteiger partial charge >= 0.3 is 5.63 Å². The second-order valence-electron chi connectivity index (χ2n) is 9.60. The highest BCUT2D eigenvalue weighted by Crippen LogP contribution is 2.33. The molecule has 0 saturated carbocycles. The van der Waals surface area contributed by atoms with Crippen molar-refractivity contribution in [3.05, 3.63) is 81.7 Å². The molecule has 1 aliphatic heterocycles. The Balaban J connectivity index is 1.08. The van der Waals surface area contributed by atoms with Gasteiger partial charge in [0.05, 0.1) is 10.2 Å². The van der Waals surface area contributed by atoms with E-state index in [2.05, 4.69) is 41.1 Å². The smallest absolute Gasteiger partial charge is 0.349 e. The van der Waals surface area contributed by atoms with Crippen LogP contribution in [0.3, 0.4) is 0 Å². The first kappa shape index (κ1) is 23.6. The molecule has 0 atom stereocenters. The molecule has 0 radical (unpaired) electrons. The molecule has 1 saturated heterocycles. The summed E-state index contributed by atoms with van der Waals surface area (Å²) < 4.78 is 6.74. The summed E-state index contributed by atoms with van der Waals surface area (Å²) in [6.45, 7) is 9.02. The van der Waals surface area contributed by atoms with Crippen molar-refractivity contribution in [1.29, 1.82) is 0 Å². The summed E-state index contributed by atoms with van der Waals surface area (Å²) >= 11 is 1.77.